The number of rotatable bonds is 3. The van der Waals surface area contributed by atoms with Gasteiger partial charge in [0.25, 0.3) is 0 Å². The normalized spacial score (nSPS) is 24.5. The van der Waals surface area contributed by atoms with Crippen LogP contribution < -0.4 is 0 Å². The number of likely N-dealkylation sites (tertiary alicyclic amines) is 2. The molecule has 1 amide bonds. The van der Waals surface area contributed by atoms with Crippen LogP contribution in [0.1, 0.15) is 26.2 Å². The minimum absolute atomic E-state index is 0.0346. The summed E-state index contributed by atoms with van der Waals surface area (Å²) in [6.45, 7) is 5.92. The summed E-state index contributed by atoms with van der Waals surface area (Å²) in [6.07, 6.45) is 1.85. The summed E-state index contributed by atoms with van der Waals surface area (Å²) >= 11 is 0. The molecule has 2 aliphatic heterocycles. The Morgan fingerprint density at radius 2 is 2.07 bits per heavy atom. The van der Waals surface area contributed by atoms with Gasteiger partial charge in [-0.15, -0.1) is 0 Å². The van der Waals surface area contributed by atoms with Gasteiger partial charge >= 0.3 is 0 Å². The summed E-state index contributed by atoms with van der Waals surface area (Å²) in [4.78, 5) is 26.9. The molecule has 0 aromatic rings. The molecule has 0 aliphatic carbocycles. The summed E-state index contributed by atoms with van der Waals surface area (Å²) in [6, 6.07) is 0.372. The van der Waals surface area contributed by atoms with Crippen molar-refractivity contribution in [3.63, 3.8) is 0 Å². The molecule has 0 aromatic heterocycles. The van der Waals surface area contributed by atoms with Crippen LogP contribution in [0.5, 0.6) is 0 Å². The second kappa shape index (κ2) is 4.31. The zero-order valence-corrected chi connectivity index (χ0v) is 9.24. The summed E-state index contributed by atoms with van der Waals surface area (Å²) in [5, 5.41) is 0. The molecule has 2 fully saturated rings. The topological polar surface area (TPSA) is 40.6 Å². The Morgan fingerprint density at radius 1 is 1.33 bits per heavy atom. The van der Waals surface area contributed by atoms with Gasteiger partial charge in [0.1, 0.15) is 5.78 Å². The molecule has 2 heterocycles. The molecule has 0 aromatic carbocycles. The van der Waals surface area contributed by atoms with E-state index in [1.807, 2.05) is 4.90 Å². The van der Waals surface area contributed by atoms with E-state index < -0.39 is 0 Å². The first-order valence-electron chi connectivity index (χ1n) is 5.74. The Hall–Kier alpha value is -0.900. The highest BCUT2D eigenvalue weighted by atomic mass is 16.2. The van der Waals surface area contributed by atoms with E-state index in [4.69, 9.17) is 0 Å². The third-order valence-electron chi connectivity index (χ3n) is 3.22. The molecular weight excluding hydrogens is 192 g/mol. The molecule has 0 unspecified atom stereocenters. The maximum absolute atomic E-state index is 11.6. The van der Waals surface area contributed by atoms with Gasteiger partial charge in [-0.05, 0) is 13.0 Å². The predicted octanol–water partition coefficient (Wildman–Crippen LogP) is 0.272. The standard InChI is InChI=1S/C11H18N2O2/c1-2-4-12-7-9(8-12)13-5-3-10(14)6-11(13)15/h9H,2-8H2,1H3. The molecule has 0 bridgehead atoms. The van der Waals surface area contributed by atoms with Crippen molar-refractivity contribution in [3.8, 4) is 0 Å². The van der Waals surface area contributed by atoms with E-state index in [2.05, 4.69) is 11.8 Å². The van der Waals surface area contributed by atoms with E-state index in [0.29, 0.717) is 19.0 Å². The van der Waals surface area contributed by atoms with Crippen molar-refractivity contribution in [2.24, 2.45) is 0 Å². The van der Waals surface area contributed by atoms with Gasteiger partial charge in [-0.25, -0.2) is 0 Å². The maximum Gasteiger partial charge on any atom is 0.230 e. The van der Waals surface area contributed by atoms with Crippen LogP contribution in [0, 0.1) is 0 Å². The SMILES string of the molecule is CCCN1CC(N2CCC(=O)CC2=O)C1. The summed E-state index contributed by atoms with van der Waals surface area (Å²) < 4.78 is 0. The van der Waals surface area contributed by atoms with Gasteiger partial charge in [-0.2, -0.15) is 0 Å². The molecule has 0 atom stereocenters. The predicted molar refractivity (Wildman–Crippen MR) is 56.5 cm³/mol. The maximum atomic E-state index is 11.6. The Labute approximate surface area is 90.2 Å². The number of hydrogen-bond donors (Lipinski definition) is 0. The second-order valence-electron chi connectivity index (χ2n) is 4.47. The lowest BCUT2D eigenvalue weighted by Crippen LogP contribution is -2.62. The zero-order chi connectivity index (χ0) is 10.8. The molecule has 15 heavy (non-hydrogen) atoms. The Morgan fingerprint density at radius 3 is 2.67 bits per heavy atom. The van der Waals surface area contributed by atoms with E-state index in [9.17, 15) is 9.59 Å². The van der Waals surface area contributed by atoms with Gasteiger partial charge in [0, 0.05) is 26.1 Å². The number of carbonyl (C=O) groups is 2. The molecule has 4 nitrogen and oxygen atoms in total. The number of hydrogen-bond acceptors (Lipinski definition) is 3. The fourth-order valence-corrected chi connectivity index (χ4v) is 2.35. The monoisotopic (exact) mass is 210 g/mol. The molecular formula is C11H18N2O2. The van der Waals surface area contributed by atoms with Crippen molar-refractivity contribution in [2.75, 3.05) is 26.2 Å². The van der Waals surface area contributed by atoms with Gasteiger partial charge in [0.05, 0.1) is 12.5 Å². The van der Waals surface area contributed by atoms with E-state index >= 15 is 0 Å². The van der Waals surface area contributed by atoms with Crippen LogP contribution in [-0.2, 0) is 9.59 Å². The molecule has 4 heteroatoms. The fraction of sp³-hybridized carbons (Fsp3) is 0.818. The Balaban J connectivity index is 1.81. The fourth-order valence-electron chi connectivity index (χ4n) is 2.35. The minimum atomic E-state index is 0.0346. The average Bonchev–Trinajstić information content (AvgIpc) is 2.12. The van der Waals surface area contributed by atoms with E-state index in [-0.39, 0.29) is 18.1 Å². The molecule has 0 spiro atoms. The lowest BCUT2D eigenvalue weighted by molar-refractivity contribution is -0.144. The number of amides is 1. The summed E-state index contributed by atoms with van der Waals surface area (Å²) in [7, 11) is 0. The van der Waals surface area contributed by atoms with E-state index in [0.717, 1.165) is 19.6 Å². The third kappa shape index (κ3) is 2.20. The lowest BCUT2D eigenvalue weighted by Gasteiger charge is -2.46. The first kappa shape index (κ1) is 10.6. The van der Waals surface area contributed by atoms with Gasteiger partial charge in [-0.1, -0.05) is 6.92 Å². The van der Waals surface area contributed by atoms with Crippen LogP contribution >= 0.6 is 0 Å². The van der Waals surface area contributed by atoms with Crippen LogP contribution in [0.3, 0.4) is 0 Å². The van der Waals surface area contributed by atoms with Crippen LogP contribution in [0.25, 0.3) is 0 Å². The van der Waals surface area contributed by atoms with Crippen LogP contribution in [0.2, 0.25) is 0 Å². The second-order valence-corrected chi connectivity index (χ2v) is 4.47. The first-order chi connectivity index (χ1) is 7.20. The first-order valence-corrected chi connectivity index (χ1v) is 5.74. The van der Waals surface area contributed by atoms with Gasteiger partial charge in [-0.3, -0.25) is 14.5 Å². The highest BCUT2D eigenvalue weighted by molar-refractivity contribution is 6.00. The highest BCUT2D eigenvalue weighted by Gasteiger charge is 2.36. The van der Waals surface area contributed by atoms with Crippen molar-refractivity contribution in [1.29, 1.82) is 0 Å². The van der Waals surface area contributed by atoms with Crippen LogP contribution in [-0.4, -0.2) is 53.7 Å². The van der Waals surface area contributed by atoms with Gasteiger partial charge in [0.2, 0.25) is 5.91 Å². The van der Waals surface area contributed by atoms with Crippen molar-refractivity contribution in [3.05, 3.63) is 0 Å². The minimum Gasteiger partial charge on any atom is -0.336 e. The van der Waals surface area contributed by atoms with Gasteiger partial charge in [0.15, 0.2) is 0 Å². The quantitative estimate of drug-likeness (QED) is 0.628. The molecule has 2 aliphatic rings. The van der Waals surface area contributed by atoms with Crippen LogP contribution in [0.4, 0.5) is 0 Å². The zero-order valence-electron chi connectivity index (χ0n) is 9.24. The molecule has 84 valence electrons. The number of ketones is 1. The van der Waals surface area contributed by atoms with Crippen LogP contribution in [0.15, 0.2) is 0 Å². The van der Waals surface area contributed by atoms with Crippen molar-refractivity contribution < 1.29 is 9.59 Å². The Bertz CT molecular complexity index is 272. The number of nitrogens with zero attached hydrogens (tertiary/aromatic N) is 2. The number of Topliss-reactive ketones (excluding diaryl/α,β-unsaturated/α-hetero) is 1. The molecule has 2 saturated heterocycles. The number of piperidine rings is 1. The highest BCUT2D eigenvalue weighted by Crippen LogP contribution is 2.19. The molecule has 0 radical (unpaired) electrons. The third-order valence-corrected chi connectivity index (χ3v) is 3.22. The molecule has 0 N–H and O–H groups in total. The van der Waals surface area contributed by atoms with E-state index in [1.54, 1.807) is 0 Å². The number of carbonyl (C=O) groups excluding carboxylic acids is 2. The summed E-state index contributed by atoms with van der Waals surface area (Å²) in [5.41, 5.74) is 0. The van der Waals surface area contributed by atoms with Crippen molar-refractivity contribution in [2.45, 2.75) is 32.2 Å². The smallest absolute Gasteiger partial charge is 0.230 e. The largest absolute Gasteiger partial charge is 0.336 e. The Kier molecular flexibility index (Phi) is 3.05. The molecule has 0 saturated carbocycles. The summed E-state index contributed by atoms with van der Waals surface area (Å²) in [5.74, 6) is 0.133. The van der Waals surface area contributed by atoms with Crippen molar-refractivity contribution in [1.82, 2.24) is 9.80 Å². The molecule has 2 rings (SSSR count). The van der Waals surface area contributed by atoms with Gasteiger partial charge < -0.3 is 4.90 Å². The van der Waals surface area contributed by atoms with Crippen molar-refractivity contribution >= 4 is 11.7 Å². The van der Waals surface area contributed by atoms with E-state index in [1.165, 1.54) is 6.42 Å². The lowest BCUT2D eigenvalue weighted by atomic mass is 10.0. The average molecular weight is 210 g/mol.